The van der Waals surface area contributed by atoms with Crippen molar-refractivity contribution in [3.05, 3.63) is 29.8 Å². The zero-order valence-electron chi connectivity index (χ0n) is 16.5. The molecule has 1 aromatic rings. The molecule has 3 rings (SSSR count). The summed E-state index contributed by atoms with van der Waals surface area (Å²) in [6.07, 6.45) is 3.30. The van der Waals surface area contributed by atoms with Gasteiger partial charge < -0.3 is 10.2 Å². The van der Waals surface area contributed by atoms with Gasteiger partial charge in [0.2, 0.25) is 10.0 Å². The Bertz CT molecular complexity index is 772. The molecule has 0 spiro atoms. The molecular formula is C20H31N3O3S. The van der Waals surface area contributed by atoms with E-state index in [1.807, 2.05) is 7.05 Å². The van der Waals surface area contributed by atoms with E-state index in [4.69, 9.17) is 0 Å². The maximum absolute atomic E-state index is 12.9. The van der Waals surface area contributed by atoms with Crippen molar-refractivity contribution in [1.82, 2.24) is 14.5 Å². The monoisotopic (exact) mass is 393 g/mol. The van der Waals surface area contributed by atoms with E-state index in [2.05, 4.69) is 24.1 Å². The minimum absolute atomic E-state index is 0.152. The van der Waals surface area contributed by atoms with E-state index >= 15 is 0 Å². The van der Waals surface area contributed by atoms with Crippen molar-refractivity contribution < 1.29 is 13.2 Å². The van der Waals surface area contributed by atoms with Gasteiger partial charge in [-0.2, -0.15) is 4.31 Å². The van der Waals surface area contributed by atoms with Gasteiger partial charge in [-0.1, -0.05) is 32.8 Å². The number of nitrogens with one attached hydrogen (secondary N) is 1. The van der Waals surface area contributed by atoms with Gasteiger partial charge in [-0.15, -0.1) is 0 Å². The summed E-state index contributed by atoms with van der Waals surface area (Å²) in [6, 6.07) is 6.59. The van der Waals surface area contributed by atoms with E-state index in [1.165, 1.54) is 16.8 Å². The lowest BCUT2D eigenvalue weighted by Gasteiger charge is -2.34. The Morgan fingerprint density at radius 1 is 1.11 bits per heavy atom. The van der Waals surface area contributed by atoms with Gasteiger partial charge in [0, 0.05) is 37.8 Å². The molecule has 3 atom stereocenters. The van der Waals surface area contributed by atoms with Crippen LogP contribution in [0.3, 0.4) is 0 Å². The van der Waals surface area contributed by atoms with Gasteiger partial charge in [0.1, 0.15) is 0 Å². The lowest BCUT2D eigenvalue weighted by Crippen LogP contribution is -2.47. The third-order valence-electron chi connectivity index (χ3n) is 6.22. The van der Waals surface area contributed by atoms with Crippen molar-refractivity contribution >= 4 is 15.9 Å². The topological polar surface area (TPSA) is 69.7 Å². The molecule has 2 fully saturated rings. The number of hydrogen-bond acceptors (Lipinski definition) is 4. The van der Waals surface area contributed by atoms with Crippen molar-refractivity contribution in [3.63, 3.8) is 0 Å². The summed E-state index contributed by atoms with van der Waals surface area (Å²) in [4.78, 5) is 15.0. The van der Waals surface area contributed by atoms with Crippen LogP contribution in [0.5, 0.6) is 0 Å². The zero-order valence-corrected chi connectivity index (χ0v) is 17.3. The first kappa shape index (κ1) is 20.3. The summed E-state index contributed by atoms with van der Waals surface area (Å²) in [7, 11) is -1.58. The first-order valence-corrected chi connectivity index (χ1v) is 11.3. The highest BCUT2D eigenvalue weighted by Gasteiger charge is 2.30. The average Bonchev–Trinajstić information content (AvgIpc) is 2.66. The second kappa shape index (κ2) is 8.29. The number of nitrogens with zero attached hydrogens (tertiary/aromatic N) is 2. The van der Waals surface area contributed by atoms with Gasteiger partial charge in [0.05, 0.1) is 4.90 Å². The van der Waals surface area contributed by atoms with E-state index in [-0.39, 0.29) is 16.8 Å². The highest BCUT2D eigenvalue weighted by Crippen LogP contribution is 2.29. The molecule has 0 radical (unpaired) electrons. The molecule has 1 N–H and O–H groups in total. The van der Waals surface area contributed by atoms with Crippen LogP contribution in [0.1, 0.15) is 43.5 Å². The molecule has 150 valence electrons. The molecule has 2 aliphatic rings. The number of carbonyl (C=O) groups is 1. The van der Waals surface area contributed by atoms with E-state index in [0.717, 1.165) is 25.9 Å². The van der Waals surface area contributed by atoms with Crippen LogP contribution in [-0.4, -0.2) is 62.8 Å². The van der Waals surface area contributed by atoms with E-state index in [0.29, 0.717) is 30.5 Å². The Morgan fingerprint density at radius 2 is 1.81 bits per heavy atom. The second-order valence-electron chi connectivity index (χ2n) is 8.08. The predicted octanol–water partition coefficient (Wildman–Crippen LogP) is 2.18. The summed E-state index contributed by atoms with van der Waals surface area (Å²) >= 11 is 0. The predicted molar refractivity (Wildman–Crippen MR) is 106 cm³/mol. The SMILES string of the molecule is CC1CCCC(NC(=O)c2cccc(S(=O)(=O)N3CCN(C)CC3)c2)C1C. The van der Waals surface area contributed by atoms with Crippen molar-refractivity contribution in [3.8, 4) is 0 Å². The van der Waals surface area contributed by atoms with Crippen LogP contribution in [0.15, 0.2) is 29.2 Å². The summed E-state index contributed by atoms with van der Waals surface area (Å²) in [5.41, 5.74) is 0.413. The highest BCUT2D eigenvalue weighted by atomic mass is 32.2. The Morgan fingerprint density at radius 3 is 2.52 bits per heavy atom. The zero-order chi connectivity index (χ0) is 19.6. The Kier molecular flexibility index (Phi) is 6.23. The van der Waals surface area contributed by atoms with Gasteiger partial charge in [0.25, 0.3) is 5.91 Å². The number of sulfonamides is 1. The summed E-state index contributed by atoms with van der Waals surface area (Å²) < 4.78 is 27.4. The lowest BCUT2D eigenvalue weighted by atomic mass is 9.78. The van der Waals surface area contributed by atoms with Crippen LogP contribution >= 0.6 is 0 Å². The van der Waals surface area contributed by atoms with E-state index in [1.54, 1.807) is 18.2 Å². The van der Waals surface area contributed by atoms with Crippen molar-refractivity contribution in [1.29, 1.82) is 0 Å². The Hall–Kier alpha value is -1.44. The van der Waals surface area contributed by atoms with Crippen molar-refractivity contribution in [2.24, 2.45) is 11.8 Å². The minimum Gasteiger partial charge on any atom is -0.349 e. The molecule has 0 bridgehead atoms. The first-order valence-electron chi connectivity index (χ1n) is 9.88. The van der Waals surface area contributed by atoms with Crippen LogP contribution in [0, 0.1) is 11.8 Å². The molecule has 1 heterocycles. The van der Waals surface area contributed by atoms with Gasteiger partial charge in [-0.05, 0) is 43.5 Å². The lowest BCUT2D eigenvalue weighted by molar-refractivity contribution is 0.0891. The molecule has 7 heteroatoms. The largest absolute Gasteiger partial charge is 0.349 e. The molecule has 3 unspecified atom stereocenters. The fourth-order valence-electron chi connectivity index (χ4n) is 4.01. The standard InChI is InChI=1S/C20H31N3O3S/c1-15-6-4-9-19(16(15)2)21-20(24)17-7-5-8-18(14-17)27(25,26)23-12-10-22(3)11-13-23/h5,7-8,14-16,19H,4,6,9-13H2,1-3H3,(H,21,24). The van der Waals surface area contributed by atoms with Crippen LogP contribution in [-0.2, 0) is 10.0 Å². The Labute approximate surface area is 163 Å². The van der Waals surface area contributed by atoms with E-state index in [9.17, 15) is 13.2 Å². The van der Waals surface area contributed by atoms with Crippen molar-refractivity contribution in [2.75, 3.05) is 33.2 Å². The molecule has 1 saturated heterocycles. The third-order valence-corrected chi connectivity index (χ3v) is 8.11. The molecule has 1 amide bonds. The number of likely N-dealkylation sites (N-methyl/N-ethyl adjacent to an activating group) is 1. The maximum Gasteiger partial charge on any atom is 0.251 e. The third kappa shape index (κ3) is 4.52. The highest BCUT2D eigenvalue weighted by molar-refractivity contribution is 7.89. The molecular weight excluding hydrogens is 362 g/mol. The molecule has 1 aromatic carbocycles. The average molecular weight is 394 g/mol. The minimum atomic E-state index is -3.57. The summed E-state index contributed by atoms with van der Waals surface area (Å²) in [5, 5.41) is 3.13. The number of amides is 1. The van der Waals surface area contributed by atoms with Crippen LogP contribution in [0.25, 0.3) is 0 Å². The van der Waals surface area contributed by atoms with Gasteiger partial charge >= 0.3 is 0 Å². The number of benzene rings is 1. The second-order valence-corrected chi connectivity index (χ2v) is 10.0. The number of rotatable bonds is 4. The molecule has 1 saturated carbocycles. The van der Waals surface area contributed by atoms with Crippen LogP contribution in [0.4, 0.5) is 0 Å². The molecule has 0 aromatic heterocycles. The molecule has 6 nitrogen and oxygen atoms in total. The molecule has 1 aliphatic heterocycles. The van der Waals surface area contributed by atoms with Crippen molar-refractivity contribution in [2.45, 2.75) is 44.0 Å². The fourth-order valence-corrected chi connectivity index (χ4v) is 5.48. The maximum atomic E-state index is 12.9. The summed E-state index contributed by atoms with van der Waals surface area (Å²) in [6.45, 7) is 6.81. The van der Waals surface area contributed by atoms with Crippen LogP contribution in [0.2, 0.25) is 0 Å². The van der Waals surface area contributed by atoms with Gasteiger partial charge in [-0.3, -0.25) is 4.79 Å². The smallest absolute Gasteiger partial charge is 0.251 e. The fraction of sp³-hybridized carbons (Fsp3) is 0.650. The summed E-state index contributed by atoms with van der Waals surface area (Å²) in [5.74, 6) is 0.837. The molecule has 27 heavy (non-hydrogen) atoms. The van der Waals surface area contributed by atoms with Gasteiger partial charge in [-0.25, -0.2) is 8.42 Å². The molecule has 1 aliphatic carbocycles. The van der Waals surface area contributed by atoms with E-state index < -0.39 is 10.0 Å². The first-order chi connectivity index (χ1) is 12.8. The number of piperazine rings is 1. The number of carbonyl (C=O) groups excluding carboxylic acids is 1. The normalized spacial score (nSPS) is 28.0. The Balaban J connectivity index is 1.74. The van der Waals surface area contributed by atoms with Crippen LogP contribution < -0.4 is 5.32 Å². The number of hydrogen-bond donors (Lipinski definition) is 1. The quantitative estimate of drug-likeness (QED) is 0.851. The van der Waals surface area contributed by atoms with Gasteiger partial charge in [0.15, 0.2) is 0 Å².